The second-order valence-electron chi connectivity index (χ2n) is 6.29. The first kappa shape index (κ1) is 18.3. The Labute approximate surface area is 166 Å². The number of aromatic nitrogens is 1. The van der Waals surface area contributed by atoms with Crippen LogP contribution in [0.4, 0.5) is 4.39 Å². The molecule has 4 nitrogen and oxygen atoms in total. The first-order valence-electron chi connectivity index (χ1n) is 8.98. The second kappa shape index (κ2) is 8.27. The molecule has 4 aromatic rings. The molecule has 28 heavy (non-hydrogen) atoms. The summed E-state index contributed by atoms with van der Waals surface area (Å²) in [6.07, 6.45) is 0. The third kappa shape index (κ3) is 3.92. The maximum absolute atomic E-state index is 13.8. The molecule has 2 heterocycles. The maximum Gasteiger partial charge on any atom is 0.268 e. The minimum absolute atomic E-state index is 0.144. The lowest BCUT2D eigenvalue weighted by atomic mass is 10.2. The van der Waals surface area contributed by atoms with Gasteiger partial charge in [-0.2, -0.15) is 0 Å². The van der Waals surface area contributed by atoms with Crippen molar-refractivity contribution in [3.05, 3.63) is 89.2 Å². The summed E-state index contributed by atoms with van der Waals surface area (Å²) in [5, 5.41) is 4.82. The number of carbonyl (C=O) groups excluding carboxylic acids is 1. The number of nitrogens with one attached hydrogen (secondary N) is 1. The highest BCUT2D eigenvalue weighted by atomic mass is 32.1. The van der Waals surface area contributed by atoms with Crippen molar-refractivity contribution in [1.29, 1.82) is 0 Å². The van der Waals surface area contributed by atoms with E-state index in [0.29, 0.717) is 24.4 Å². The van der Waals surface area contributed by atoms with Crippen LogP contribution in [-0.2, 0) is 13.1 Å². The minimum Gasteiger partial charge on any atom is -0.492 e. The van der Waals surface area contributed by atoms with Gasteiger partial charge in [0.05, 0.1) is 16.8 Å². The predicted octanol–water partition coefficient (Wildman–Crippen LogP) is 4.85. The Morgan fingerprint density at radius 1 is 1.07 bits per heavy atom. The van der Waals surface area contributed by atoms with Gasteiger partial charge in [-0.25, -0.2) is 4.39 Å². The van der Waals surface area contributed by atoms with Gasteiger partial charge in [0.2, 0.25) is 0 Å². The summed E-state index contributed by atoms with van der Waals surface area (Å²) >= 11 is 1.58. The lowest BCUT2D eigenvalue weighted by molar-refractivity contribution is 0.0941. The van der Waals surface area contributed by atoms with Crippen LogP contribution in [0.5, 0.6) is 5.75 Å². The van der Waals surface area contributed by atoms with Crippen molar-refractivity contribution in [3.63, 3.8) is 0 Å². The van der Waals surface area contributed by atoms with E-state index >= 15 is 0 Å². The fourth-order valence-corrected chi connectivity index (χ4v) is 3.91. The van der Waals surface area contributed by atoms with Crippen molar-refractivity contribution < 1.29 is 13.9 Å². The molecule has 0 saturated heterocycles. The molecule has 0 aliphatic rings. The lowest BCUT2D eigenvalue weighted by Crippen LogP contribution is -2.26. The highest BCUT2D eigenvalue weighted by Crippen LogP contribution is 2.25. The van der Waals surface area contributed by atoms with Gasteiger partial charge in [0, 0.05) is 12.1 Å². The quantitative estimate of drug-likeness (QED) is 0.487. The zero-order valence-electron chi connectivity index (χ0n) is 15.1. The number of benzene rings is 2. The van der Waals surface area contributed by atoms with E-state index in [1.165, 1.54) is 6.07 Å². The molecule has 0 radical (unpaired) electrons. The molecular formula is C22H19FN2O2S. The Morgan fingerprint density at radius 3 is 2.68 bits per heavy atom. The van der Waals surface area contributed by atoms with Crippen LogP contribution in [0.2, 0.25) is 0 Å². The Kier molecular flexibility index (Phi) is 5.39. The molecule has 0 saturated carbocycles. The zero-order valence-corrected chi connectivity index (χ0v) is 15.9. The number of para-hydroxylation sites is 1. The van der Waals surface area contributed by atoms with E-state index in [9.17, 15) is 9.18 Å². The summed E-state index contributed by atoms with van der Waals surface area (Å²) in [5.41, 5.74) is 2.01. The number of hydrogen-bond acceptors (Lipinski definition) is 3. The average molecular weight is 394 g/mol. The van der Waals surface area contributed by atoms with E-state index in [0.717, 1.165) is 16.0 Å². The number of carbonyl (C=O) groups is 1. The number of amides is 1. The van der Waals surface area contributed by atoms with E-state index in [1.807, 2.05) is 52.4 Å². The first-order chi connectivity index (χ1) is 13.7. The lowest BCUT2D eigenvalue weighted by Gasteiger charge is -2.12. The highest BCUT2D eigenvalue weighted by Gasteiger charge is 2.16. The van der Waals surface area contributed by atoms with Gasteiger partial charge in [-0.15, -0.1) is 11.3 Å². The van der Waals surface area contributed by atoms with Crippen molar-refractivity contribution in [2.24, 2.45) is 0 Å². The third-order valence-corrected chi connectivity index (χ3v) is 5.33. The van der Waals surface area contributed by atoms with Gasteiger partial charge < -0.3 is 14.6 Å². The van der Waals surface area contributed by atoms with Crippen LogP contribution in [0.15, 0.2) is 72.1 Å². The van der Waals surface area contributed by atoms with Crippen LogP contribution in [0, 0.1) is 5.82 Å². The van der Waals surface area contributed by atoms with Gasteiger partial charge in [-0.3, -0.25) is 4.79 Å². The summed E-state index contributed by atoms with van der Waals surface area (Å²) in [4.78, 5) is 12.8. The summed E-state index contributed by atoms with van der Waals surface area (Å²) in [6, 6.07) is 19.9. The fraction of sp³-hybridized carbons (Fsp3) is 0.136. The molecule has 6 heteroatoms. The van der Waals surface area contributed by atoms with Crippen LogP contribution in [0.1, 0.15) is 16.1 Å². The monoisotopic (exact) mass is 394 g/mol. The Hall–Kier alpha value is -3.12. The van der Waals surface area contributed by atoms with E-state index in [4.69, 9.17) is 4.74 Å². The number of nitrogens with zero attached hydrogens (tertiary/aromatic N) is 1. The molecule has 1 N–H and O–H groups in total. The summed E-state index contributed by atoms with van der Waals surface area (Å²) in [6.45, 7) is 1.12. The zero-order chi connectivity index (χ0) is 19.3. The van der Waals surface area contributed by atoms with Crippen molar-refractivity contribution in [2.45, 2.75) is 13.1 Å². The number of hydrogen-bond donors (Lipinski definition) is 1. The highest BCUT2D eigenvalue weighted by molar-refractivity contribution is 7.17. The molecule has 0 bridgehead atoms. The Balaban J connectivity index is 1.48. The van der Waals surface area contributed by atoms with E-state index < -0.39 is 0 Å². The van der Waals surface area contributed by atoms with Gasteiger partial charge in [0.15, 0.2) is 0 Å². The number of fused-ring (bicyclic) bond motifs is 1. The largest absolute Gasteiger partial charge is 0.492 e. The Bertz CT molecular complexity index is 1090. The SMILES string of the molecule is O=C(NCc1ccccc1F)c1cc2sccc2n1CCOc1ccccc1. The summed E-state index contributed by atoms with van der Waals surface area (Å²) in [7, 11) is 0. The van der Waals surface area contributed by atoms with E-state index in [-0.39, 0.29) is 18.3 Å². The van der Waals surface area contributed by atoms with Gasteiger partial charge in [-0.05, 0) is 35.7 Å². The molecule has 0 fully saturated rings. The van der Waals surface area contributed by atoms with Crippen LogP contribution in [0.3, 0.4) is 0 Å². The summed E-state index contributed by atoms with van der Waals surface area (Å²) in [5.74, 6) is 0.239. The van der Waals surface area contributed by atoms with Gasteiger partial charge in [0.1, 0.15) is 23.9 Å². The normalized spacial score (nSPS) is 10.9. The smallest absolute Gasteiger partial charge is 0.268 e. The molecule has 1 amide bonds. The number of thiophene rings is 1. The molecule has 0 spiro atoms. The first-order valence-corrected chi connectivity index (χ1v) is 9.86. The third-order valence-electron chi connectivity index (χ3n) is 4.48. The average Bonchev–Trinajstić information content (AvgIpc) is 3.30. The molecular weight excluding hydrogens is 375 g/mol. The van der Waals surface area contributed by atoms with Crippen molar-refractivity contribution >= 4 is 27.5 Å². The van der Waals surface area contributed by atoms with Crippen molar-refractivity contribution in [1.82, 2.24) is 9.88 Å². The molecule has 0 aliphatic carbocycles. The van der Waals surface area contributed by atoms with E-state index in [1.54, 1.807) is 29.5 Å². The predicted molar refractivity (Wildman–Crippen MR) is 109 cm³/mol. The number of halogens is 1. The fourth-order valence-electron chi connectivity index (χ4n) is 3.09. The molecule has 2 aromatic carbocycles. The second-order valence-corrected chi connectivity index (χ2v) is 7.23. The molecule has 4 rings (SSSR count). The topological polar surface area (TPSA) is 43.3 Å². The van der Waals surface area contributed by atoms with Crippen molar-refractivity contribution in [3.8, 4) is 5.75 Å². The molecule has 142 valence electrons. The summed E-state index contributed by atoms with van der Waals surface area (Å²) < 4.78 is 22.6. The van der Waals surface area contributed by atoms with Crippen LogP contribution in [0.25, 0.3) is 10.2 Å². The standard InChI is InChI=1S/C22H19FN2O2S/c23-18-9-5-4-6-16(18)15-24-22(26)20-14-21-19(10-13-28-21)25(20)11-12-27-17-7-2-1-3-8-17/h1-10,13-14H,11-12,15H2,(H,24,26). The number of ether oxygens (including phenoxy) is 1. The van der Waals surface area contributed by atoms with Crippen LogP contribution >= 0.6 is 11.3 Å². The maximum atomic E-state index is 13.8. The minimum atomic E-state index is -0.324. The van der Waals surface area contributed by atoms with Crippen LogP contribution in [-0.4, -0.2) is 17.1 Å². The van der Waals surface area contributed by atoms with Crippen LogP contribution < -0.4 is 10.1 Å². The van der Waals surface area contributed by atoms with Gasteiger partial charge >= 0.3 is 0 Å². The molecule has 0 atom stereocenters. The van der Waals surface area contributed by atoms with Gasteiger partial charge in [-0.1, -0.05) is 36.4 Å². The number of rotatable bonds is 7. The Morgan fingerprint density at radius 2 is 1.86 bits per heavy atom. The van der Waals surface area contributed by atoms with E-state index in [2.05, 4.69) is 5.32 Å². The molecule has 0 unspecified atom stereocenters. The molecule has 2 aromatic heterocycles. The molecule has 0 aliphatic heterocycles. The van der Waals surface area contributed by atoms with Gasteiger partial charge in [0.25, 0.3) is 5.91 Å². The van der Waals surface area contributed by atoms with Crippen molar-refractivity contribution in [2.75, 3.05) is 6.61 Å².